The zero-order chi connectivity index (χ0) is 19.4. The maximum absolute atomic E-state index is 12.9. The van der Waals surface area contributed by atoms with E-state index in [-0.39, 0.29) is 0 Å². The first-order valence-corrected chi connectivity index (χ1v) is 10.4. The average molecular weight is 391 g/mol. The third-order valence-electron chi connectivity index (χ3n) is 4.82. The van der Waals surface area contributed by atoms with E-state index in [0.717, 1.165) is 24.1 Å². The van der Waals surface area contributed by atoms with Crippen LogP contribution in [0.25, 0.3) is 0 Å². The third-order valence-corrected chi connectivity index (χ3v) is 6.71. The molecule has 0 bridgehead atoms. The predicted octanol–water partition coefficient (Wildman–Crippen LogP) is 2.58. The van der Waals surface area contributed by atoms with Crippen molar-refractivity contribution in [2.75, 3.05) is 26.8 Å². The summed E-state index contributed by atoms with van der Waals surface area (Å²) in [6.07, 6.45) is 1.52. The molecular formula is C19H25N3O4S. The molecule has 0 atom stereocenters. The summed E-state index contributed by atoms with van der Waals surface area (Å²) in [5.74, 6) is 1.49. The summed E-state index contributed by atoms with van der Waals surface area (Å²) in [6, 6.07) is 8.62. The fraction of sp³-hybridized carbons (Fsp3) is 0.474. The monoisotopic (exact) mass is 391 g/mol. The van der Waals surface area contributed by atoms with Gasteiger partial charge in [-0.05, 0) is 62.4 Å². The highest BCUT2D eigenvalue weighted by atomic mass is 32.2. The largest absolute Gasteiger partial charge is 0.496 e. The van der Waals surface area contributed by atoms with Crippen LogP contribution in [0.4, 0.5) is 0 Å². The van der Waals surface area contributed by atoms with Crippen molar-refractivity contribution >= 4 is 10.0 Å². The molecular weight excluding hydrogens is 366 g/mol. The molecule has 1 saturated heterocycles. The second-order valence-electron chi connectivity index (χ2n) is 6.80. The van der Waals surface area contributed by atoms with Crippen molar-refractivity contribution in [1.82, 2.24) is 14.5 Å². The van der Waals surface area contributed by atoms with Crippen molar-refractivity contribution in [1.29, 1.82) is 0 Å². The van der Waals surface area contributed by atoms with Crippen LogP contribution in [-0.4, -0.2) is 49.7 Å². The van der Waals surface area contributed by atoms with Crippen molar-refractivity contribution in [2.45, 2.75) is 31.6 Å². The number of ether oxygens (including phenoxy) is 2. The smallest absolute Gasteiger partial charge is 0.243 e. The molecule has 0 unspecified atom stereocenters. The van der Waals surface area contributed by atoms with Crippen LogP contribution >= 0.6 is 0 Å². The zero-order valence-electron chi connectivity index (χ0n) is 15.9. The highest BCUT2D eigenvalue weighted by Crippen LogP contribution is 2.27. The van der Waals surface area contributed by atoms with Gasteiger partial charge in [-0.15, -0.1) is 5.10 Å². The lowest BCUT2D eigenvalue weighted by molar-refractivity contribution is 0.180. The van der Waals surface area contributed by atoms with Crippen molar-refractivity contribution in [2.24, 2.45) is 5.92 Å². The Balaban J connectivity index is 1.57. The Morgan fingerprint density at radius 2 is 1.85 bits per heavy atom. The molecule has 2 heterocycles. The number of hydrogen-bond acceptors (Lipinski definition) is 6. The van der Waals surface area contributed by atoms with Gasteiger partial charge in [0.1, 0.15) is 5.75 Å². The van der Waals surface area contributed by atoms with Gasteiger partial charge in [-0.2, -0.15) is 9.40 Å². The van der Waals surface area contributed by atoms with E-state index in [4.69, 9.17) is 9.47 Å². The normalized spacial score (nSPS) is 16.3. The number of aromatic nitrogens is 2. The highest BCUT2D eigenvalue weighted by molar-refractivity contribution is 7.89. The first kappa shape index (κ1) is 19.6. The quantitative estimate of drug-likeness (QED) is 0.753. The molecule has 1 aromatic carbocycles. The number of benzene rings is 1. The zero-order valence-corrected chi connectivity index (χ0v) is 16.7. The van der Waals surface area contributed by atoms with Gasteiger partial charge < -0.3 is 9.47 Å². The van der Waals surface area contributed by atoms with Crippen LogP contribution in [0.3, 0.4) is 0 Å². The van der Waals surface area contributed by atoms with Gasteiger partial charge in [0, 0.05) is 19.2 Å². The molecule has 0 radical (unpaired) electrons. The summed E-state index contributed by atoms with van der Waals surface area (Å²) in [5.41, 5.74) is 1.65. The third kappa shape index (κ3) is 4.56. The number of hydrogen-bond donors (Lipinski definition) is 0. The fourth-order valence-electron chi connectivity index (χ4n) is 3.14. The molecule has 1 aliphatic heterocycles. The van der Waals surface area contributed by atoms with Gasteiger partial charge in [-0.1, -0.05) is 0 Å². The molecule has 0 aliphatic carbocycles. The predicted molar refractivity (Wildman–Crippen MR) is 101 cm³/mol. The van der Waals surface area contributed by atoms with E-state index in [1.165, 1.54) is 0 Å². The summed E-state index contributed by atoms with van der Waals surface area (Å²) in [5, 5.41) is 7.96. The summed E-state index contributed by atoms with van der Waals surface area (Å²) in [4.78, 5) is 0.311. The number of piperidine rings is 1. The Labute approximate surface area is 160 Å². The number of sulfonamides is 1. The first-order valence-electron chi connectivity index (χ1n) is 8.98. The van der Waals surface area contributed by atoms with E-state index in [9.17, 15) is 8.42 Å². The lowest BCUT2D eigenvalue weighted by Crippen LogP contribution is -2.39. The molecule has 7 nitrogen and oxygen atoms in total. The number of nitrogens with zero attached hydrogens (tertiary/aromatic N) is 3. The lowest BCUT2D eigenvalue weighted by Gasteiger charge is -2.31. The Morgan fingerprint density at radius 1 is 1.11 bits per heavy atom. The van der Waals surface area contributed by atoms with Crippen LogP contribution < -0.4 is 9.47 Å². The molecule has 1 fully saturated rings. The minimum atomic E-state index is -3.49. The standard InChI is InChI=1S/C19H25N3O4S/c1-14-12-17(5-6-18(14)25-3)27(23,24)22-10-8-16(9-11-22)13-26-19-7-4-15(2)20-21-19/h4-7,12,16H,8-11,13H2,1-3H3. The molecule has 27 heavy (non-hydrogen) atoms. The number of aryl methyl sites for hydroxylation is 2. The van der Waals surface area contributed by atoms with Gasteiger partial charge in [0.15, 0.2) is 0 Å². The molecule has 3 rings (SSSR count). The Morgan fingerprint density at radius 3 is 2.44 bits per heavy atom. The molecule has 1 aromatic heterocycles. The van der Waals surface area contributed by atoms with Crippen molar-refractivity contribution in [3.63, 3.8) is 0 Å². The van der Waals surface area contributed by atoms with Gasteiger partial charge >= 0.3 is 0 Å². The van der Waals surface area contributed by atoms with E-state index < -0.39 is 10.0 Å². The fourth-order valence-corrected chi connectivity index (χ4v) is 4.70. The molecule has 2 aromatic rings. The maximum Gasteiger partial charge on any atom is 0.243 e. The first-order chi connectivity index (χ1) is 12.9. The molecule has 0 spiro atoms. The second-order valence-corrected chi connectivity index (χ2v) is 8.74. The van der Waals surface area contributed by atoms with E-state index in [1.54, 1.807) is 35.7 Å². The highest BCUT2D eigenvalue weighted by Gasteiger charge is 2.30. The molecule has 1 aliphatic rings. The van der Waals surface area contributed by atoms with E-state index in [1.807, 2.05) is 19.9 Å². The van der Waals surface area contributed by atoms with Gasteiger partial charge in [0.25, 0.3) is 0 Å². The molecule has 8 heteroatoms. The van der Waals surface area contributed by atoms with Crippen LogP contribution in [0.15, 0.2) is 35.2 Å². The van der Waals surface area contributed by atoms with Crippen LogP contribution in [0, 0.1) is 19.8 Å². The Kier molecular flexibility index (Phi) is 5.96. The summed E-state index contributed by atoms with van der Waals surface area (Å²) in [6.45, 7) is 5.21. The van der Waals surface area contributed by atoms with Crippen molar-refractivity contribution in [3.05, 3.63) is 41.6 Å². The topological polar surface area (TPSA) is 81.6 Å². The van der Waals surface area contributed by atoms with E-state index in [0.29, 0.717) is 42.1 Å². The Hall–Kier alpha value is -2.19. The van der Waals surface area contributed by atoms with Gasteiger partial charge in [-0.25, -0.2) is 8.42 Å². The van der Waals surface area contributed by atoms with E-state index in [2.05, 4.69) is 10.2 Å². The number of rotatable bonds is 6. The van der Waals surface area contributed by atoms with Gasteiger partial charge in [0.05, 0.1) is 24.3 Å². The summed E-state index contributed by atoms with van der Waals surface area (Å²) < 4.78 is 38.2. The Bertz CT molecular complexity index is 876. The van der Waals surface area contributed by atoms with E-state index >= 15 is 0 Å². The average Bonchev–Trinajstić information content (AvgIpc) is 2.68. The molecule has 0 N–H and O–H groups in total. The SMILES string of the molecule is COc1ccc(S(=O)(=O)N2CCC(COc3ccc(C)nn3)CC2)cc1C. The van der Waals surface area contributed by atoms with Crippen molar-refractivity contribution in [3.8, 4) is 11.6 Å². The lowest BCUT2D eigenvalue weighted by atomic mass is 9.99. The summed E-state index contributed by atoms with van der Waals surface area (Å²) in [7, 11) is -1.92. The second kappa shape index (κ2) is 8.22. The van der Waals surface area contributed by atoms with Crippen LogP contribution in [0.1, 0.15) is 24.1 Å². The van der Waals surface area contributed by atoms with Crippen LogP contribution in [0.2, 0.25) is 0 Å². The van der Waals surface area contributed by atoms with Crippen molar-refractivity contribution < 1.29 is 17.9 Å². The molecule has 0 saturated carbocycles. The molecule has 146 valence electrons. The van der Waals surface area contributed by atoms with Gasteiger partial charge in [-0.3, -0.25) is 0 Å². The van der Waals surface area contributed by atoms with Gasteiger partial charge in [0.2, 0.25) is 15.9 Å². The minimum Gasteiger partial charge on any atom is -0.496 e. The van der Waals surface area contributed by atoms with Crippen LogP contribution in [0.5, 0.6) is 11.6 Å². The minimum absolute atomic E-state index is 0.303. The number of methoxy groups -OCH3 is 1. The summed E-state index contributed by atoms with van der Waals surface area (Å²) >= 11 is 0. The molecule has 0 amide bonds. The van der Waals surface area contributed by atoms with Crippen LogP contribution in [-0.2, 0) is 10.0 Å². The maximum atomic E-state index is 12.9.